The summed E-state index contributed by atoms with van der Waals surface area (Å²) in [6.07, 6.45) is 0. The molecule has 0 saturated heterocycles. The number of hydrogen-bond donors (Lipinski definition) is 2. The van der Waals surface area contributed by atoms with Gasteiger partial charge in [-0.1, -0.05) is 17.7 Å². The average Bonchev–Trinajstić information content (AvgIpc) is 2.66. The lowest BCUT2D eigenvalue weighted by atomic mass is 10.2. The second-order valence-electron chi connectivity index (χ2n) is 6.24. The van der Waals surface area contributed by atoms with Crippen LogP contribution in [0.4, 0.5) is 22.9 Å². The van der Waals surface area contributed by atoms with Crippen LogP contribution in [0.15, 0.2) is 54.6 Å². The van der Waals surface area contributed by atoms with Crippen molar-refractivity contribution < 1.29 is 4.79 Å². The van der Waals surface area contributed by atoms with E-state index in [0.29, 0.717) is 16.5 Å². The number of amides is 1. The first-order valence-corrected chi connectivity index (χ1v) is 8.76. The molecule has 0 fully saturated rings. The minimum atomic E-state index is -0.314. The highest BCUT2D eigenvalue weighted by molar-refractivity contribution is 6.31. The fraction of sp³-hybridized carbons (Fsp3) is 0.150. The highest BCUT2D eigenvalue weighted by Gasteiger charge is 2.10. The Kier molecular flexibility index (Phi) is 5.57. The molecule has 0 saturated carbocycles. The smallest absolute Gasteiger partial charge is 0.276 e. The van der Waals surface area contributed by atoms with E-state index < -0.39 is 0 Å². The summed E-state index contributed by atoms with van der Waals surface area (Å²) in [5.41, 5.74) is 3.75. The van der Waals surface area contributed by atoms with Crippen molar-refractivity contribution in [2.45, 2.75) is 6.92 Å². The summed E-state index contributed by atoms with van der Waals surface area (Å²) < 4.78 is 0. The second-order valence-corrected chi connectivity index (χ2v) is 6.64. The molecule has 0 atom stereocenters. The monoisotopic (exact) mass is 381 g/mol. The molecule has 0 unspecified atom stereocenters. The van der Waals surface area contributed by atoms with E-state index in [1.165, 1.54) is 0 Å². The third kappa shape index (κ3) is 4.54. The predicted molar refractivity (Wildman–Crippen MR) is 110 cm³/mol. The molecule has 2 aromatic carbocycles. The van der Waals surface area contributed by atoms with Crippen molar-refractivity contribution in [1.82, 2.24) is 10.2 Å². The zero-order chi connectivity index (χ0) is 19.4. The Hall–Kier alpha value is -3.12. The minimum Gasteiger partial charge on any atom is -0.378 e. The normalized spacial score (nSPS) is 10.4. The topological polar surface area (TPSA) is 70.2 Å². The standard InChI is InChI=1S/C20H20ClN5O/c1-13-16(21)5-4-6-17(13)23-19-12-11-18(24-25-19)20(27)22-14-7-9-15(10-8-14)26(2)3/h4-12H,1-3H3,(H,22,27)(H,23,25). The highest BCUT2D eigenvalue weighted by Crippen LogP contribution is 2.25. The summed E-state index contributed by atoms with van der Waals surface area (Å²) in [4.78, 5) is 14.3. The van der Waals surface area contributed by atoms with Crippen molar-refractivity contribution in [2.24, 2.45) is 0 Å². The van der Waals surface area contributed by atoms with Crippen LogP contribution >= 0.6 is 11.6 Å². The molecule has 6 nitrogen and oxygen atoms in total. The fourth-order valence-corrected chi connectivity index (χ4v) is 2.61. The van der Waals surface area contributed by atoms with Gasteiger partial charge < -0.3 is 15.5 Å². The molecule has 0 aliphatic carbocycles. The van der Waals surface area contributed by atoms with E-state index in [9.17, 15) is 4.79 Å². The van der Waals surface area contributed by atoms with Gasteiger partial charge in [-0.25, -0.2) is 0 Å². The van der Waals surface area contributed by atoms with Gasteiger partial charge in [0.15, 0.2) is 11.5 Å². The molecule has 3 rings (SSSR count). The van der Waals surface area contributed by atoms with E-state index in [0.717, 1.165) is 16.9 Å². The highest BCUT2D eigenvalue weighted by atomic mass is 35.5. The maximum atomic E-state index is 12.3. The molecule has 27 heavy (non-hydrogen) atoms. The van der Waals surface area contributed by atoms with Crippen molar-refractivity contribution >= 4 is 40.4 Å². The van der Waals surface area contributed by atoms with Crippen LogP contribution in [0.5, 0.6) is 0 Å². The Morgan fingerprint density at radius 2 is 1.74 bits per heavy atom. The van der Waals surface area contributed by atoms with Gasteiger partial charge in [-0.2, -0.15) is 0 Å². The molecule has 3 aromatic rings. The van der Waals surface area contributed by atoms with Crippen LogP contribution in [0.1, 0.15) is 16.1 Å². The van der Waals surface area contributed by atoms with Crippen LogP contribution < -0.4 is 15.5 Å². The first-order valence-electron chi connectivity index (χ1n) is 8.38. The zero-order valence-corrected chi connectivity index (χ0v) is 16.1. The van der Waals surface area contributed by atoms with Gasteiger partial charge in [-0.15, -0.1) is 10.2 Å². The lowest BCUT2D eigenvalue weighted by Crippen LogP contribution is -2.15. The van der Waals surface area contributed by atoms with E-state index in [1.54, 1.807) is 12.1 Å². The molecular formula is C20H20ClN5O. The van der Waals surface area contributed by atoms with Gasteiger partial charge in [0.1, 0.15) is 0 Å². The van der Waals surface area contributed by atoms with Crippen LogP contribution in [0.25, 0.3) is 0 Å². The lowest BCUT2D eigenvalue weighted by Gasteiger charge is -2.13. The van der Waals surface area contributed by atoms with Gasteiger partial charge in [0.05, 0.1) is 0 Å². The number of anilines is 4. The summed E-state index contributed by atoms with van der Waals surface area (Å²) in [5.74, 6) is 0.220. The van der Waals surface area contributed by atoms with Gasteiger partial charge in [0, 0.05) is 36.2 Å². The van der Waals surface area contributed by atoms with E-state index >= 15 is 0 Å². The number of carbonyl (C=O) groups is 1. The molecule has 7 heteroatoms. The number of hydrogen-bond acceptors (Lipinski definition) is 5. The first kappa shape index (κ1) is 18.7. The molecule has 0 bridgehead atoms. The summed E-state index contributed by atoms with van der Waals surface area (Å²) in [6.45, 7) is 1.92. The Bertz CT molecular complexity index is 940. The van der Waals surface area contributed by atoms with E-state index in [-0.39, 0.29) is 11.6 Å². The molecule has 2 N–H and O–H groups in total. The molecule has 1 aromatic heterocycles. The van der Waals surface area contributed by atoms with Crippen LogP contribution in [0, 0.1) is 6.92 Å². The maximum Gasteiger partial charge on any atom is 0.276 e. The van der Waals surface area contributed by atoms with Crippen LogP contribution in [0.3, 0.4) is 0 Å². The number of aromatic nitrogens is 2. The predicted octanol–water partition coefficient (Wildman–Crippen LogP) is 4.50. The largest absolute Gasteiger partial charge is 0.378 e. The summed E-state index contributed by atoms with van der Waals surface area (Å²) in [5, 5.41) is 14.7. The van der Waals surface area contributed by atoms with Crippen LogP contribution in [0.2, 0.25) is 5.02 Å². The third-order valence-corrected chi connectivity index (χ3v) is 4.48. The Morgan fingerprint density at radius 3 is 2.37 bits per heavy atom. The fourth-order valence-electron chi connectivity index (χ4n) is 2.44. The summed E-state index contributed by atoms with van der Waals surface area (Å²) in [6, 6.07) is 16.5. The van der Waals surface area contributed by atoms with Gasteiger partial charge in [-0.05, 0) is 61.0 Å². The van der Waals surface area contributed by atoms with Gasteiger partial charge >= 0.3 is 0 Å². The van der Waals surface area contributed by atoms with E-state index in [1.807, 2.05) is 68.4 Å². The number of rotatable bonds is 5. The van der Waals surface area contributed by atoms with Crippen molar-refractivity contribution in [2.75, 3.05) is 29.6 Å². The molecule has 1 amide bonds. The lowest BCUT2D eigenvalue weighted by molar-refractivity contribution is 0.102. The van der Waals surface area contributed by atoms with Gasteiger partial charge in [0.2, 0.25) is 0 Å². The Labute approximate surface area is 163 Å². The number of benzene rings is 2. The second kappa shape index (κ2) is 8.05. The quantitative estimate of drug-likeness (QED) is 0.680. The van der Waals surface area contributed by atoms with Gasteiger partial charge in [-0.3, -0.25) is 4.79 Å². The van der Waals surface area contributed by atoms with Crippen molar-refractivity contribution in [3.63, 3.8) is 0 Å². The molecule has 0 aliphatic heterocycles. The number of nitrogens with one attached hydrogen (secondary N) is 2. The van der Waals surface area contributed by atoms with Crippen molar-refractivity contribution in [3.8, 4) is 0 Å². The summed E-state index contributed by atoms with van der Waals surface area (Å²) >= 11 is 6.12. The zero-order valence-electron chi connectivity index (χ0n) is 15.3. The first-order chi connectivity index (χ1) is 12.9. The van der Waals surface area contributed by atoms with Crippen molar-refractivity contribution in [1.29, 1.82) is 0 Å². The summed E-state index contributed by atoms with van der Waals surface area (Å²) in [7, 11) is 3.92. The Balaban J connectivity index is 1.67. The van der Waals surface area contributed by atoms with Crippen molar-refractivity contribution in [3.05, 3.63) is 70.9 Å². The number of nitrogens with zero attached hydrogens (tertiary/aromatic N) is 3. The van der Waals surface area contributed by atoms with Crippen LogP contribution in [-0.2, 0) is 0 Å². The van der Waals surface area contributed by atoms with Gasteiger partial charge in [0.25, 0.3) is 5.91 Å². The Morgan fingerprint density at radius 1 is 1.00 bits per heavy atom. The number of halogens is 1. The molecular weight excluding hydrogens is 362 g/mol. The molecule has 1 heterocycles. The van der Waals surface area contributed by atoms with Crippen LogP contribution in [-0.4, -0.2) is 30.2 Å². The molecule has 138 valence electrons. The molecule has 0 aliphatic rings. The average molecular weight is 382 g/mol. The minimum absolute atomic E-state index is 0.236. The SMILES string of the molecule is Cc1c(Cl)cccc1Nc1ccc(C(=O)Nc2ccc(N(C)C)cc2)nn1. The number of carbonyl (C=O) groups excluding carboxylic acids is 1. The maximum absolute atomic E-state index is 12.3. The van der Waals surface area contributed by atoms with E-state index in [2.05, 4.69) is 20.8 Å². The third-order valence-electron chi connectivity index (χ3n) is 4.07. The van der Waals surface area contributed by atoms with E-state index in [4.69, 9.17) is 11.6 Å². The molecule has 0 spiro atoms. The molecule has 0 radical (unpaired) electrons.